The Kier molecular flexibility index (Phi) is 6.82. The first-order valence-corrected chi connectivity index (χ1v) is 11.7. The lowest BCUT2D eigenvalue weighted by atomic mass is 10.1. The van der Waals surface area contributed by atoms with Gasteiger partial charge in [-0.2, -0.15) is 0 Å². The second-order valence-corrected chi connectivity index (χ2v) is 9.50. The molecule has 33 heavy (non-hydrogen) atoms. The number of fused-ring (bicyclic) bond motifs is 1. The number of hydrogen-bond donors (Lipinski definition) is 1. The molecule has 168 valence electrons. The number of benzene rings is 2. The maximum absolute atomic E-state index is 14.3. The molecule has 0 spiro atoms. The molecule has 2 aromatic heterocycles. The van der Waals surface area contributed by atoms with E-state index < -0.39 is 28.8 Å². The van der Waals surface area contributed by atoms with E-state index in [1.54, 1.807) is 12.1 Å². The number of hydrogen-bond acceptors (Lipinski definition) is 4. The highest BCUT2D eigenvalue weighted by Crippen LogP contribution is 2.38. The normalized spacial score (nSPS) is 11.3. The van der Waals surface area contributed by atoms with Crippen molar-refractivity contribution >= 4 is 38.3 Å². The van der Waals surface area contributed by atoms with Crippen LogP contribution in [0.15, 0.2) is 41.6 Å². The van der Waals surface area contributed by atoms with Gasteiger partial charge in [-0.25, -0.2) is 17.6 Å². The molecule has 0 aliphatic heterocycles. The SMILES string of the molecule is CCCCc1cc(F)c(C#Cc2cc3sc(-c4cc(F)c(/C=N/O)c(F)c4)cc3s2)c(F)c1. The molecular weight excluding hydrogens is 470 g/mol. The Morgan fingerprint density at radius 3 is 2.15 bits per heavy atom. The van der Waals surface area contributed by atoms with Crippen molar-refractivity contribution < 1.29 is 22.8 Å². The molecule has 2 nitrogen and oxygen atoms in total. The molecule has 1 N–H and O–H groups in total. The molecule has 0 fully saturated rings. The Balaban J connectivity index is 1.60. The molecule has 0 unspecified atom stereocenters. The summed E-state index contributed by atoms with van der Waals surface area (Å²) in [5.41, 5.74) is 0.291. The molecule has 0 aliphatic rings. The van der Waals surface area contributed by atoms with E-state index in [1.807, 2.05) is 6.92 Å². The Labute approximate surface area is 195 Å². The second kappa shape index (κ2) is 9.77. The van der Waals surface area contributed by atoms with E-state index in [2.05, 4.69) is 17.0 Å². The zero-order valence-electron chi connectivity index (χ0n) is 17.4. The fourth-order valence-corrected chi connectivity index (χ4v) is 5.58. The molecule has 0 saturated heterocycles. The minimum absolute atomic E-state index is 0.259. The first-order valence-electron chi connectivity index (χ1n) is 10.1. The number of aryl methyl sites for hydroxylation is 1. The van der Waals surface area contributed by atoms with Gasteiger partial charge in [0.25, 0.3) is 0 Å². The molecule has 4 rings (SSSR count). The van der Waals surface area contributed by atoms with Gasteiger partial charge in [-0.3, -0.25) is 0 Å². The van der Waals surface area contributed by atoms with Gasteiger partial charge in [-0.1, -0.05) is 30.3 Å². The van der Waals surface area contributed by atoms with E-state index in [4.69, 9.17) is 5.21 Å². The zero-order valence-corrected chi connectivity index (χ0v) is 19.0. The molecule has 0 radical (unpaired) electrons. The first kappa shape index (κ1) is 23.0. The maximum atomic E-state index is 14.3. The highest BCUT2D eigenvalue weighted by Gasteiger charge is 2.14. The lowest BCUT2D eigenvalue weighted by Gasteiger charge is -2.03. The average Bonchev–Trinajstić information content (AvgIpc) is 3.33. The van der Waals surface area contributed by atoms with E-state index in [9.17, 15) is 17.6 Å². The van der Waals surface area contributed by atoms with Gasteiger partial charge in [0.05, 0.1) is 22.2 Å². The van der Waals surface area contributed by atoms with Crippen molar-refractivity contribution in [2.24, 2.45) is 5.16 Å². The van der Waals surface area contributed by atoms with Crippen LogP contribution in [-0.4, -0.2) is 11.4 Å². The molecule has 0 atom stereocenters. The summed E-state index contributed by atoms with van der Waals surface area (Å²) in [6.07, 6.45) is 3.12. The van der Waals surface area contributed by atoms with Crippen LogP contribution < -0.4 is 0 Å². The van der Waals surface area contributed by atoms with Crippen LogP contribution in [0.5, 0.6) is 0 Å². The van der Waals surface area contributed by atoms with Crippen LogP contribution in [-0.2, 0) is 6.42 Å². The molecule has 0 saturated carbocycles. The van der Waals surface area contributed by atoms with E-state index in [0.717, 1.165) is 22.2 Å². The monoisotopic (exact) mass is 487 g/mol. The number of unbranched alkanes of at least 4 members (excludes halogenated alkanes) is 1. The lowest BCUT2D eigenvalue weighted by Crippen LogP contribution is -1.95. The molecule has 0 aliphatic carbocycles. The van der Waals surface area contributed by atoms with E-state index in [0.29, 0.717) is 33.5 Å². The van der Waals surface area contributed by atoms with Gasteiger partial charge in [-0.15, -0.1) is 22.7 Å². The Morgan fingerprint density at radius 1 is 0.879 bits per heavy atom. The first-order chi connectivity index (χ1) is 15.9. The molecule has 0 amide bonds. The highest BCUT2D eigenvalue weighted by molar-refractivity contribution is 7.29. The molecule has 2 aromatic carbocycles. The lowest BCUT2D eigenvalue weighted by molar-refractivity contribution is 0.321. The van der Waals surface area contributed by atoms with Crippen molar-refractivity contribution in [2.45, 2.75) is 26.2 Å². The standard InChI is InChI=1S/C25H17F4NOS2/c1-2-3-4-14-7-19(26)17(20(27)8-14)6-5-16-11-24-25(32-16)12-23(33-24)15-9-21(28)18(13-30-31)22(29)10-15/h7-13,31H,2-4H2,1H3/b30-13+. The minimum atomic E-state index is -0.837. The van der Waals surface area contributed by atoms with Crippen molar-refractivity contribution in [1.82, 2.24) is 0 Å². The Hall–Kier alpha value is -3.15. The van der Waals surface area contributed by atoms with Crippen LogP contribution in [0.2, 0.25) is 0 Å². The van der Waals surface area contributed by atoms with Crippen LogP contribution in [0, 0.1) is 35.1 Å². The van der Waals surface area contributed by atoms with Gasteiger partial charge in [0.1, 0.15) is 23.3 Å². The quantitative estimate of drug-likeness (QED) is 0.101. The fraction of sp³-hybridized carbons (Fsp3) is 0.160. The number of halogens is 4. The van der Waals surface area contributed by atoms with Crippen molar-refractivity contribution in [3.05, 3.63) is 81.2 Å². The van der Waals surface area contributed by atoms with Gasteiger partial charge in [-0.05, 0) is 60.4 Å². The van der Waals surface area contributed by atoms with Gasteiger partial charge in [0, 0.05) is 14.3 Å². The minimum Gasteiger partial charge on any atom is -0.411 e. The van der Waals surface area contributed by atoms with Crippen molar-refractivity contribution in [2.75, 3.05) is 0 Å². The summed E-state index contributed by atoms with van der Waals surface area (Å²) in [4.78, 5) is 1.28. The highest BCUT2D eigenvalue weighted by atomic mass is 32.1. The van der Waals surface area contributed by atoms with Gasteiger partial charge in [0.15, 0.2) is 0 Å². The van der Waals surface area contributed by atoms with Crippen molar-refractivity contribution in [3.63, 3.8) is 0 Å². The largest absolute Gasteiger partial charge is 0.411 e. The summed E-state index contributed by atoms with van der Waals surface area (Å²) in [7, 11) is 0. The van der Waals surface area contributed by atoms with Gasteiger partial charge < -0.3 is 5.21 Å². The van der Waals surface area contributed by atoms with E-state index in [-0.39, 0.29) is 5.56 Å². The predicted octanol–water partition coefficient (Wildman–Crippen LogP) is 7.74. The van der Waals surface area contributed by atoms with Crippen LogP contribution in [0.3, 0.4) is 0 Å². The van der Waals surface area contributed by atoms with Gasteiger partial charge >= 0.3 is 0 Å². The third-order valence-corrected chi connectivity index (χ3v) is 7.25. The summed E-state index contributed by atoms with van der Waals surface area (Å²) < 4.78 is 58.6. The van der Waals surface area contributed by atoms with Crippen LogP contribution in [0.25, 0.3) is 19.8 Å². The summed E-state index contributed by atoms with van der Waals surface area (Å²) >= 11 is 2.65. The second-order valence-electron chi connectivity index (χ2n) is 7.34. The molecule has 4 aromatic rings. The third-order valence-electron chi connectivity index (χ3n) is 4.99. The number of nitrogens with zero attached hydrogens (tertiary/aromatic N) is 1. The van der Waals surface area contributed by atoms with Crippen molar-refractivity contribution in [1.29, 1.82) is 0 Å². The van der Waals surface area contributed by atoms with E-state index in [1.165, 1.54) is 46.9 Å². The summed E-state index contributed by atoms with van der Waals surface area (Å²) in [6.45, 7) is 2.02. The number of rotatable bonds is 5. The van der Waals surface area contributed by atoms with Crippen LogP contribution >= 0.6 is 22.7 Å². The summed E-state index contributed by atoms with van der Waals surface area (Å²) in [5, 5.41) is 11.2. The maximum Gasteiger partial charge on any atom is 0.142 e. The molecule has 0 bridgehead atoms. The number of oxime groups is 1. The Bertz CT molecular complexity index is 1350. The third kappa shape index (κ3) is 4.95. The fourth-order valence-electron chi connectivity index (χ4n) is 3.34. The smallest absolute Gasteiger partial charge is 0.142 e. The van der Waals surface area contributed by atoms with E-state index >= 15 is 0 Å². The zero-order chi connectivity index (χ0) is 23.5. The predicted molar refractivity (Wildman–Crippen MR) is 125 cm³/mol. The summed E-state index contributed by atoms with van der Waals surface area (Å²) in [5.74, 6) is 2.39. The van der Waals surface area contributed by atoms with Gasteiger partial charge in [0.2, 0.25) is 0 Å². The molecular formula is C25H17F4NOS2. The molecule has 2 heterocycles. The topological polar surface area (TPSA) is 32.6 Å². The molecule has 8 heteroatoms. The van der Waals surface area contributed by atoms with Crippen LogP contribution in [0.1, 0.15) is 41.3 Å². The van der Waals surface area contributed by atoms with Crippen LogP contribution in [0.4, 0.5) is 17.6 Å². The summed E-state index contributed by atoms with van der Waals surface area (Å²) in [6, 6.07) is 8.58. The number of thiophene rings is 2. The average molecular weight is 488 g/mol. The van der Waals surface area contributed by atoms with Crippen molar-refractivity contribution in [3.8, 4) is 22.3 Å². The Morgan fingerprint density at radius 2 is 1.55 bits per heavy atom.